The second-order valence-electron chi connectivity index (χ2n) is 6.66. The molecule has 1 fully saturated rings. The van der Waals surface area contributed by atoms with Crippen molar-refractivity contribution >= 4 is 0 Å². The zero-order valence-electron chi connectivity index (χ0n) is 12.0. The average molecular weight is 226 g/mol. The molecule has 3 atom stereocenters. The number of nitrogens with one attached hydrogen (secondary N) is 1. The third kappa shape index (κ3) is 3.74. The van der Waals surface area contributed by atoms with Crippen molar-refractivity contribution in [1.82, 2.24) is 10.2 Å². The summed E-state index contributed by atoms with van der Waals surface area (Å²) in [7, 11) is 0. The molecule has 1 saturated heterocycles. The first-order chi connectivity index (χ1) is 7.34. The topological polar surface area (TPSA) is 15.3 Å². The molecule has 2 heteroatoms. The molecular weight excluding hydrogens is 196 g/mol. The van der Waals surface area contributed by atoms with Crippen molar-refractivity contribution in [2.75, 3.05) is 19.6 Å². The maximum Gasteiger partial charge on any atom is 0.0269 e. The van der Waals surface area contributed by atoms with Gasteiger partial charge in [0.05, 0.1) is 0 Å². The molecule has 1 aliphatic rings. The van der Waals surface area contributed by atoms with Crippen molar-refractivity contribution in [3.05, 3.63) is 0 Å². The third-order valence-electron chi connectivity index (χ3n) is 3.85. The summed E-state index contributed by atoms with van der Waals surface area (Å²) in [5.74, 6) is 0.815. The van der Waals surface area contributed by atoms with Crippen molar-refractivity contribution in [3.63, 3.8) is 0 Å². The fraction of sp³-hybridized carbons (Fsp3) is 1.00. The fourth-order valence-corrected chi connectivity index (χ4v) is 2.57. The minimum atomic E-state index is 0.376. The Labute approximate surface area is 102 Å². The minimum absolute atomic E-state index is 0.376. The molecule has 1 heterocycles. The van der Waals surface area contributed by atoms with E-state index in [1.54, 1.807) is 0 Å². The van der Waals surface area contributed by atoms with Gasteiger partial charge in [-0.05, 0) is 18.3 Å². The Morgan fingerprint density at radius 2 is 2.00 bits per heavy atom. The first-order valence-corrected chi connectivity index (χ1v) is 6.82. The van der Waals surface area contributed by atoms with Gasteiger partial charge in [0, 0.05) is 31.7 Å². The molecule has 1 N–H and O–H groups in total. The Bertz CT molecular complexity index is 207. The van der Waals surface area contributed by atoms with Crippen LogP contribution in [0.2, 0.25) is 0 Å². The van der Waals surface area contributed by atoms with Gasteiger partial charge >= 0.3 is 0 Å². The van der Waals surface area contributed by atoms with Gasteiger partial charge in [0.15, 0.2) is 0 Å². The summed E-state index contributed by atoms with van der Waals surface area (Å²) in [6.45, 7) is 17.6. The first kappa shape index (κ1) is 14.0. The Hall–Kier alpha value is -0.0800. The third-order valence-corrected chi connectivity index (χ3v) is 3.85. The highest BCUT2D eigenvalue weighted by Gasteiger charge is 2.34. The molecule has 0 bridgehead atoms. The predicted molar refractivity (Wildman–Crippen MR) is 71.7 cm³/mol. The summed E-state index contributed by atoms with van der Waals surface area (Å²) in [6, 6.07) is 1.32. The molecule has 0 aliphatic carbocycles. The van der Waals surface area contributed by atoms with Gasteiger partial charge in [0.1, 0.15) is 0 Å². The lowest BCUT2D eigenvalue weighted by molar-refractivity contribution is 0.0474. The minimum Gasteiger partial charge on any atom is -0.311 e. The second-order valence-corrected chi connectivity index (χ2v) is 6.66. The van der Waals surface area contributed by atoms with Gasteiger partial charge in [-0.1, -0.05) is 41.0 Å². The van der Waals surface area contributed by atoms with Gasteiger partial charge in [-0.25, -0.2) is 0 Å². The van der Waals surface area contributed by atoms with Crippen LogP contribution in [0.15, 0.2) is 0 Å². The summed E-state index contributed by atoms with van der Waals surface area (Å²) in [5, 5.41) is 3.62. The van der Waals surface area contributed by atoms with E-state index in [9.17, 15) is 0 Å². The van der Waals surface area contributed by atoms with Crippen LogP contribution in [0.5, 0.6) is 0 Å². The summed E-state index contributed by atoms with van der Waals surface area (Å²) in [5.41, 5.74) is 0.376. The molecule has 0 aromatic rings. The lowest BCUT2D eigenvalue weighted by Crippen LogP contribution is -2.60. The quantitative estimate of drug-likeness (QED) is 0.796. The number of piperazine rings is 1. The molecule has 1 aliphatic heterocycles. The van der Waals surface area contributed by atoms with Crippen LogP contribution < -0.4 is 5.32 Å². The number of hydrogen-bond donors (Lipinski definition) is 1. The Morgan fingerprint density at radius 1 is 1.38 bits per heavy atom. The lowest BCUT2D eigenvalue weighted by atomic mass is 9.83. The Morgan fingerprint density at radius 3 is 2.50 bits per heavy atom. The maximum absolute atomic E-state index is 3.62. The standard InChI is InChI=1S/C14H30N2/c1-7-11(2)9-16-10-12(3)15-8-13(16)14(4,5)6/h11-13,15H,7-10H2,1-6H3. The number of nitrogens with zero attached hydrogens (tertiary/aromatic N) is 1. The fourth-order valence-electron chi connectivity index (χ4n) is 2.57. The van der Waals surface area contributed by atoms with Crippen molar-refractivity contribution < 1.29 is 0 Å². The van der Waals surface area contributed by atoms with Crippen LogP contribution >= 0.6 is 0 Å². The molecule has 16 heavy (non-hydrogen) atoms. The van der Waals surface area contributed by atoms with E-state index in [2.05, 4.69) is 51.8 Å². The van der Waals surface area contributed by atoms with Gasteiger partial charge in [-0.3, -0.25) is 4.90 Å². The smallest absolute Gasteiger partial charge is 0.0269 e. The van der Waals surface area contributed by atoms with Gasteiger partial charge < -0.3 is 5.32 Å². The van der Waals surface area contributed by atoms with E-state index in [0.29, 0.717) is 17.5 Å². The van der Waals surface area contributed by atoms with Crippen molar-refractivity contribution in [1.29, 1.82) is 0 Å². The molecule has 0 radical (unpaired) electrons. The van der Waals surface area contributed by atoms with Gasteiger partial charge in [0.2, 0.25) is 0 Å². The van der Waals surface area contributed by atoms with Gasteiger partial charge in [-0.2, -0.15) is 0 Å². The zero-order chi connectivity index (χ0) is 12.3. The van der Waals surface area contributed by atoms with E-state index in [0.717, 1.165) is 12.5 Å². The molecule has 2 nitrogen and oxygen atoms in total. The lowest BCUT2D eigenvalue weighted by Gasteiger charge is -2.46. The summed E-state index contributed by atoms with van der Waals surface area (Å²) in [6.07, 6.45) is 1.29. The SMILES string of the molecule is CCC(C)CN1CC(C)NCC1C(C)(C)C. The normalized spacial score (nSPS) is 30.4. The van der Waals surface area contributed by atoms with Crippen LogP contribution in [0.4, 0.5) is 0 Å². The van der Waals surface area contributed by atoms with Crippen molar-refractivity contribution in [2.45, 2.75) is 60.0 Å². The average Bonchev–Trinajstić information content (AvgIpc) is 2.15. The molecule has 96 valence electrons. The molecule has 0 aromatic carbocycles. The van der Waals surface area contributed by atoms with Crippen molar-refractivity contribution in [2.24, 2.45) is 11.3 Å². The van der Waals surface area contributed by atoms with Gasteiger partial charge in [0.25, 0.3) is 0 Å². The predicted octanol–water partition coefficient (Wildman–Crippen LogP) is 2.74. The van der Waals surface area contributed by atoms with Crippen LogP contribution in [0.3, 0.4) is 0 Å². The van der Waals surface area contributed by atoms with E-state index in [4.69, 9.17) is 0 Å². The molecule has 3 unspecified atom stereocenters. The maximum atomic E-state index is 3.62. The zero-order valence-corrected chi connectivity index (χ0v) is 12.0. The largest absolute Gasteiger partial charge is 0.311 e. The van der Waals surface area contributed by atoms with Crippen LogP contribution in [-0.2, 0) is 0 Å². The van der Waals surface area contributed by atoms with Crippen molar-refractivity contribution in [3.8, 4) is 0 Å². The van der Waals surface area contributed by atoms with Gasteiger partial charge in [-0.15, -0.1) is 0 Å². The summed E-state index contributed by atoms with van der Waals surface area (Å²) >= 11 is 0. The Balaban J connectivity index is 2.65. The summed E-state index contributed by atoms with van der Waals surface area (Å²) < 4.78 is 0. The number of rotatable bonds is 3. The van der Waals surface area contributed by atoms with E-state index in [1.807, 2.05) is 0 Å². The highest BCUT2D eigenvalue weighted by molar-refractivity contribution is 4.91. The van der Waals surface area contributed by atoms with E-state index < -0.39 is 0 Å². The van der Waals surface area contributed by atoms with Crippen LogP contribution in [0.25, 0.3) is 0 Å². The molecule has 0 spiro atoms. The van der Waals surface area contributed by atoms with E-state index in [-0.39, 0.29) is 0 Å². The monoisotopic (exact) mass is 226 g/mol. The highest BCUT2D eigenvalue weighted by atomic mass is 15.2. The Kier molecular flexibility index (Phi) is 4.81. The molecule has 1 rings (SSSR count). The molecule has 0 amide bonds. The van der Waals surface area contributed by atoms with Crippen LogP contribution in [0, 0.1) is 11.3 Å². The first-order valence-electron chi connectivity index (χ1n) is 6.82. The molecule has 0 saturated carbocycles. The molecular formula is C14H30N2. The van der Waals surface area contributed by atoms with E-state index >= 15 is 0 Å². The van der Waals surface area contributed by atoms with Crippen LogP contribution in [0.1, 0.15) is 48.0 Å². The highest BCUT2D eigenvalue weighted by Crippen LogP contribution is 2.27. The van der Waals surface area contributed by atoms with Crippen LogP contribution in [-0.4, -0.2) is 36.6 Å². The number of hydrogen-bond acceptors (Lipinski definition) is 2. The summed E-state index contributed by atoms with van der Waals surface area (Å²) in [4.78, 5) is 2.70. The second kappa shape index (κ2) is 5.50. The molecule has 0 aromatic heterocycles. The van der Waals surface area contributed by atoms with E-state index in [1.165, 1.54) is 19.5 Å².